The van der Waals surface area contributed by atoms with Gasteiger partial charge < -0.3 is 9.42 Å². The van der Waals surface area contributed by atoms with Gasteiger partial charge in [-0.3, -0.25) is 0 Å². The van der Waals surface area contributed by atoms with E-state index in [0.717, 1.165) is 77.6 Å². The lowest BCUT2D eigenvalue weighted by atomic mass is 9.96. The number of rotatable bonds is 6. The lowest BCUT2D eigenvalue weighted by molar-refractivity contribution is 0.326. The van der Waals surface area contributed by atoms with Crippen LogP contribution in [-0.2, 0) is 9.84 Å². The first-order valence-corrected chi connectivity index (χ1v) is 14.5. The number of piperidine rings is 1. The van der Waals surface area contributed by atoms with E-state index in [2.05, 4.69) is 44.2 Å². The minimum atomic E-state index is -3.19. The van der Waals surface area contributed by atoms with Gasteiger partial charge in [0.05, 0.1) is 20.4 Å². The summed E-state index contributed by atoms with van der Waals surface area (Å²) >= 11 is 1.63. The second kappa shape index (κ2) is 8.67. The Balaban J connectivity index is 1.22. The van der Waals surface area contributed by atoms with Gasteiger partial charge in [-0.2, -0.15) is 4.98 Å². The number of sulfone groups is 1. The molecule has 4 aromatic rings. The number of anilines is 1. The van der Waals surface area contributed by atoms with Crippen molar-refractivity contribution in [2.24, 2.45) is 0 Å². The zero-order valence-corrected chi connectivity index (χ0v) is 21.3. The maximum atomic E-state index is 12.5. The molecule has 1 saturated heterocycles. The molecule has 0 atom stereocenters. The van der Waals surface area contributed by atoms with Crippen molar-refractivity contribution < 1.29 is 12.9 Å². The molecule has 4 heterocycles. The monoisotopic (exact) mass is 509 g/mol. The van der Waals surface area contributed by atoms with Gasteiger partial charge in [0.1, 0.15) is 12.1 Å². The molecule has 6 rings (SSSR count). The van der Waals surface area contributed by atoms with Gasteiger partial charge in [0.25, 0.3) is 0 Å². The summed E-state index contributed by atoms with van der Waals surface area (Å²) < 4.78 is 31.6. The molecule has 1 aliphatic heterocycles. The lowest BCUT2D eigenvalue weighted by Gasteiger charge is -2.31. The number of thiophene rings is 1. The highest BCUT2D eigenvalue weighted by Crippen LogP contribution is 2.40. The van der Waals surface area contributed by atoms with Crippen LogP contribution in [0.25, 0.3) is 21.3 Å². The Morgan fingerprint density at radius 3 is 2.46 bits per heavy atom. The Morgan fingerprint density at radius 1 is 1.06 bits per heavy atom. The molecule has 182 valence electrons. The molecular weight excluding hydrogens is 482 g/mol. The van der Waals surface area contributed by atoms with Crippen molar-refractivity contribution in [1.29, 1.82) is 0 Å². The molecule has 0 unspecified atom stereocenters. The SMILES string of the molecule is CC(C)c1noc(C2CCN(c3ncnc4c(-c5ccc(S(=O)(=O)C6CC6)cc5)csc34)CC2)n1. The summed E-state index contributed by atoms with van der Waals surface area (Å²) in [4.78, 5) is 16.5. The van der Waals surface area contributed by atoms with Gasteiger partial charge in [0.2, 0.25) is 5.89 Å². The number of hydrogen-bond donors (Lipinski definition) is 0. The summed E-state index contributed by atoms with van der Waals surface area (Å²) in [5.74, 6) is 2.99. The third kappa shape index (κ3) is 4.12. The highest BCUT2D eigenvalue weighted by atomic mass is 32.2. The van der Waals surface area contributed by atoms with Gasteiger partial charge in [-0.25, -0.2) is 18.4 Å². The minimum Gasteiger partial charge on any atom is -0.355 e. The van der Waals surface area contributed by atoms with Crippen LogP contribution in [0.15, 0.2) is 45.4 Å². The van der Waals surface area contributed by atoms with Crippen molar-refractivity contribution in [1.82, 2.24) is 20.1 Å². The van der Waals surface area contributed by atoms with E-state index in [9.17, 15) is 8.42 Å². The van der Waals surface area contributed by atoms with Gasteiger partial charge in [-0.05, 0) is 43.4 Å². The van der Waals surface area contributed by atoms with Crippen LogP contribution in [0.3, 0.4) is 0 Å². The van der Waals surface area contributed by atoms with Gasteiger partial charge in [0, 0.05) is 35.9 Å². The zero-order chi connectivity index (χ0) is 24.2. The van der Waals surface area contributed by atoms with Gasteiger partial charge in [0.15, 0.2) is 15.7 Å². The van der Waals surface area contributed by atoms with Crippen molar-refractivity contribution in [3.8, 4) is 11.1 Å². The summed E-state index contributed by atoms with van der Waals surface area (Å²) in [6.07, 6.45) is 5.02. The first kappa shape index (κ1) is 22.6. The Hall–Kier alpha value is -2.85. The fourth-order valence-corrected chi connectivity index (χ4v) is 7.35. The Morgan fingerprint density at radius 2 is 1.80 bits per heavy atom. The Bertz CT molecular complexity index is 1460. The smallest absolute Gasteiger partial charge is 0.229 e. The van der Waals surface area contributed by atoms with Crippen LogP contribution in [0, 0.1) is 0 Å². The van der Waals surface area contributed by atoms with Crippen molar-refractivity contribution in [3.63, 3.8) is 0 Å². The molecular formula is C25H27N5O3S2. The normalized spacial score (nSPS) is 17.5. The quantitative estimate of drug-likeness (QED) is 0.350. The third-order valence-corrected chi connectivity index (χ3v) is 10.2. The molecule has 1 aliphatic carbocycles. The van der Waals surface area contributed by atoms with Crippen molar-refractivity contribution in [3.05, 3.63) is 47.7 Å². The van der Waals surface area contributed by atoms with Crippen LogP contribution < -0.4 is 4.90 Å². The molecule has 35 heavy (non-hydrogen) atoms. The predicted octanol–water partition coefficient (Wildman–Crippen LogP) is 5.18. The molecule has 2 fully saturated rings. The van der Waals surface area contributed by atoms with E-state index in [1.54, 1.807) is 29.8 Å². The molecule has 3 aromatic heterocycles. The summed E-state index contributed by atoms with van der Waals surface area (Å²) in [5.41, 5.74) is 2.87. The van der Waals surface area contributed by atoms with Crippen molar-refractivity contribution in [2.45, 2.75) is 61.5 Å². The molecule has 0 spiro atoms. The molecule has 0 bridgehead atoms. The van der Waals surface area contributed by atoms with Crippen LogP contribution in [0.4, 0.5) is 5.82 Å². The topological polar surface area (TPSA) is 102 Å². The minimum absolute atomic E-state index is 0.202. The fraction of sp³-hybridized carbons (Fsp3) is 0.440. The van der Waals surface area contributed by atoms with E-state index >= 15 is 0 Å². The van der Waals surface area contributed by atoms with Crippen LogP contribution in [0.1, 0.15) is 63.1 Å². The molecule has 1 aromatic carbocycles. The second-order valence-electron chi connectivity index (χ2n) is 9.70. The number of fused-ring (bicyclic) bond motifs is 1. The van der Waals surface area contributed by atoms with E-state index in [4.69, 9.17) is 4.52 Å². The largest absolute Gasteiger partial charge is 0.355 e. The van der Waals surface area contributed by atoms with Gasteiger partial charge in [-0.15, -0.1) is 11.3 Å². The summed E-state index contributed by atoms with van der Waals surface area (Å²) in [6, 6.07) is 7.23. The molecule has 10 heteroatoms. The van der Waals surface area contributed by atoms with Gasteiger partial charge >= 0.3 is 0 Å². The third-order valence-electron chi connectivity index (χ3n) is 6.91. The zero-order valence-electron chi connectivity index (χ0n) is 19.7. The predicted molar refractivity (Wildman–Crippen MR) is 136 cm³/mol. The second-order valence-corrected chi connectivity index (χ2v) is 12.8. The average molecular weight is 510 g/mol. The van der Waals surface area contributed by atoms with Gasteiger partial charge in [-0.1, -0.05) is 31.1 Å². The van der Waals surface area contributed by atoms with E-state index in [1.807, 2.05) is 12.1 Å². The van der Waals surface area contributed by atoms with E-state index in [-0.39, 0.29) is 17.1 Å². The molecule has 0 N–H and O–H groups in total. The first-order chi connectivity index (χ1) is 16.9. The van der Waals surface area contributed by atoms with Crippen LogP contribution in [0.2, 0.25) is 0 Å². The Labute approximate surface area is 208 Å². The highest BCUT2D eigenvalue weighted by Gasteiger charge is 2.36. The fourth-order valence-electron chi connectivity index (χ4n) is 4.65. The number of aromatic nitrogens is 4. The maximum absolute atomic E-state index is 12.5. The standard InChI is InChI=1S/C25H27N5O3S2/c1-15(2)23-28-25(33-29-23)17-9-11-30(12-10-17)24-22-21(26-14-27-24)20(13-34-22)16-3-5-18(6-4-16)35(31,32)19-7-8-19/h3-6,13-15,17,19H,7-12H2,1-2H3. The molecule has 0 radical (unpaired) electrons. The highest BCUT2D eigenvalue weighted by molar-refractivity contribution is 7.92. The maximum Gasteiger partial charge on any atom is 0.229 e. The van der Waals surface area contributed by atoms with Crippen LogP contribution >= 0.6 is 11.3 Å². The number of benzene rings is 1. The molecule has 2 aliphatic rings. The van der Waals surface area contributed by atoms with E-state index < -0.39 is 9.84 Å². The van der Waals surface area contributed by atoms with Crippen LogP contribution in [-0.4, -0.2) is 46.9 Å². The van der Waals surface area contributed by atoms with Crippen LogP contribution in [0.5, 0.6) is 0 Å². The first-order valence-electron chi connectivity index (χ1n) is 12.1. The Kier molecular flexibility index (Phi) is 5.60. The summed E-state index contributed by atoms with van der Waals surface area (Å²) in [7, 11) is -3.19. The lowest BCUT2D eigenvalue weighted by Crippen LogP contribution is -2.33. The number of nitrogens with zero attached hydrogens (tertiary/aromatic N) is 5. The summed E-state index contributed by atoms with van der Waals surface area (Å²) in [5, 5.41) is 6.01. The van der Waals surface area contributed by atoms with Crippen molar-refractivity contribution in [2.75, 3.05) is 18.0 Å². The molecule has 1 saturated carbocycles. The van der Waals surface area contributed by atoms with E-state index in [1.165, 1.54) is 0 Å². The number of hydrogen-bond acceptors (Lipinski definition) is 9. The van der Waals surface area contributed by atoms with E-state index in [0.29, 0.717) is 4.90 Å². The average Bonchev–Trinajstić information content (AvgIpc) is 3.47. The summed E-state index contributed by atoms with van der Waals surface area (Å²) in [6.45, 7) is 5.85. The molecule has 8 nitrogen and oxygen atoms in total. The van der Waals surface area contributed by atoms with Crippen molar-refractivity contribution >= 4 is 37.2 Å². The molecule has 0 amide bonds.